The molecule has 0 N–H and O–H groups in total. The summed E-state index contributed by atoms with van der Waals surface area (Å²) in [5, 5.41) is 0. The summed E-state index contributed by atoms with van der Waals surface area (Å²) in [4.78, 5) is 14.3. The van der Waals surface area contributed by atoms with Gasteiger partial charge in [0.15, 0.2) is 17.9 Å². The quantitative estimate of drug-likeness (QED) is 0.751. The molecule has 0 fully saturated rings. The molecule has 0 radical (unpaired) electrons. The molecule has 0 spiro atoms. The van der Waals surface area contributed by atoms with Crippen molar-refractivity contribution < 1.29 is 18.0 Å². The lowest BCUT2D eigenvalue weighted by molar-refractivity contribution is 0.112. The fourth-order valence-corrected chi connectivity index (χ4v) is 1.46. The number of pyridine rings is 1. The van der Waals surface area contributed by atoms with E-state index in [0.717, 1.165) is 18.3 Å². The number of aldehydes is 1. The first-order chi connectivity index (χ1) is 8.13. The van der Waals surface area contributed by atoms with Crippen LogP contribution in [-0.4, -0.2) is 11.3 Å². The van der Waals surface area contributed by atoms with Crippen LogP contribution < -0.4 is 0 Å². The Morgan fingerprint density at radius 2 is 1.94 bits per heavy atom. The Morgan fingerprint density at radius 3 is 2.65 bits per heavy atom. The number of benzene rings is 1. The van der Waals surface area contributed by atoms with Crippen molar-refractivity contribution in [3.63, 3.8) is 0 Å². The van der Waals surface area contributed by atoms with Crippen molar-refractivity contribution in [2.75, 3.05) is 0 Å². The number of carbonyl (C=O) groups excluding carboxylic acids is 1. The van der Waals surface area contributed by atoms with Crippen LogP contribution in [0.5, 0.6) is 0 Å². The first-order valence-electron chi connectivity index (χ1n) is 4.68. The molecule has 2 rings (SSSR count). The van der Waals surface area contributed by atoms with Gasteiger partial charge in [-0.3, -0.25) is 9.78 Å². The van der Waals surface area contributed by atoms with Gasteiger partial charge in [-0.25, -0.2) is 13.2 Å². The topological polar surface area (TPSA) is 30.0 Å². The van der Waals surface area contributed by atoms with Gasteiger partial charge in [0, 0.05) is 11.1 Å². The van der Waals surface area contributed by atoms with Gasteiger partial charge in [0.2, 0.25) is 0 Å². The Labute approximate surface area is 94.7 Å². The lowest BCUT2D eigenvalue weighted by Gasteiger charge is -2.05. The minimum atomic E-state index is -1.12. The summed E-state index contributed by atoms with van der Waals surface area (Å²) in [6.45, 7) is 0. The van der Waals surface area contributed by atoms with Gasteiger partial charge in [0.05, 0.1) is 11.9 Å². The average Bonchev–Trinajstić information content (AvgIpc) is 2.33. The second kappa shape index (κ2) is 4.37. The van der Waals surface area contributed by atoms with Crippen molar-refractivity contribution in [1.82, 2.24) is 4.98 Å². The third kappa shape index (κ3) is 2.04. The standard InChI is InChI=1S/C12H6F3NO/c13-8-4-7(6-17)12(16-5-8)9-2-1-3-10(14)11(9)15/h1-6H. The van der Waals surface area contributed by atoms with Crippen LogP contribution in [0.2, 0.25) is 0 Å². The molecule has 0 aliphatic rings. The van der Waals surface area contributed by atoms with Gasteiger partial charge < -0.3 is 0 Å². The maximum atomic E-state index is 13.5. The molecule has 0 saturated heterocycles. The van der Waals surface area contributed by atoms with E-state index < -0.39 is 17.5 Å². The van der Waals surface area contributed by atoms with Gasteiger partial charge in [0.25, 0.3) is 0 Å². The number of rotatable bonds is 2. The van der Waals surface area contributed by atoms with Crippen molar-refractivity contribution in [2.45, 2.75) is 0 Å². The molecule has 0 unspecified atom stereocenters. The highest BCUT2D eigenvalue weighted by atomic mass is 19.2. The van der Waals surface area contributed by atoms with E-state index in [9.17, 15) is 18.0 Å². The highest BCUT2D eigenvalue weighted by Crippen LogP contribution is 2.25. The molecule has 0 saturated carbocycles. The summed E-state index contributed by atoms with van der Waals surface area (Å²) in [7, 11) is 0. The van der Waals surface area contributed by atoms with E-state index in [-0.39, 0.29) is 16.8 Å². The van der Waals surface area contributed by atoms with Crippen LogP contribution in [0.1, 0.15) is 10.4 Å². The summed E-state index contributed by atoms with van der Waals surface area (Å²) in [6, 6.07) is 4.42. The zero-order valence-electron chi connectivity index (χ0n) is 8.45. The molecule has 2 nitrogen and oxygen atoms in total. The molecular weight excluding hydrogens is 231 g/mol. The number of hydrogen-bond acceptors (Lipinski definition) is 2. The molecular formula is C12H6F3NO. The molecule has 0 bridgehead atoms. The maximum Gasteiger partial charge on any atom is 0.168 e. The number of carbonyl (C=O) groups is 1. The van der Waals surface area contributed by atoms with E-state index in [2.05, 4.69) is 4.98 Å². The Kier molecular flexibility index (Phi) is 2.91. The van der Waals surface area contributed by atoms with E-state index in [1.807, 2.05) is 0 Å². The molecule has 1 aromatic heterocycles. The number of hydrogen-bond donors (Lipinski definition) is 0. The van der Waals surface area contributed by atoms with Crippen LogP contribution in [0.3, 0.4) is 0 Å². The van der Waals surface area contributed by atoms with Crippen LogP contribution in [-0.2, 0) is 0 Å². The Hall–Kier alpha value is -2.17. The molecule has 1 heterocycles. The average molecular weight is 237 g/mol. The molecule has 0 aliphatic heterocycles. The van der Waals surface area contributed by atoms with Crippen molar-refractivity contribution >= 4 is 6.29 Å². The van der Waals surface area contributed by atoms with E-state index in [4.69, 9.17) is 0 Å². The fourth-order valence-electron chi connectivity index (χ4n) is 1.46. The highest BCUT2D eigenvalue weighted by Gasteiger charge is 2.14. The van der Waals surface area contributed by atoms with Crippen molar-refractivity contribution in [1.29, 1.82) is 0 Å². The van der Waals surface area contributed by atoms with Gasteiger partial charge in [-0.05, 0) is 18.2 Å². The first-order valence-corrected chi connectivity index (χ1v) is 4.68. The lowest BCUT2D eigenvalue weighted by atomic mass is 10.1. The SMILES string of the molecule is O=Cc1cc(F)cnc1-c1cccc(F)c1F. The summed E-state index contributed by atoms with van der Waals surface area (Å²) in [5.74, 6) is -2.88. The summed E-state index contributed by atoms with van der Waals surface area (Å²) in [5.41, 5.74) is -0.389. The van der Waals surface area contributed by atoms with Crippen molar-refractivity contribution in [2.24, 2.45) is 0 Å². The largest absolute Gasteiger partial charge is 0.298 e. The molecule has 0 amide bonds. The van der Waals surface area contributed by atoms with Crippen LogP contribution in [0.4, 0.5) is 13.2 Å². The van der Waals surface area contributed by atoms with Gasteiger partial charge in [-0.1, -0.05) is 6.07 Å². The smallest absolute Gasteiger partial charge is 0.168 e. The van der Waals surface area contributed by atoms with Gasteiger partial charge in [0.1, 0.15) is 5.82 Å². The molecule has 1 aromatic carbocycles. The predicted octanol–water partition coefficient (Wildman–Crippen LogP) is 2.98. The van der Waals surface area contributed by atoms with Gasteiger partial charge in [-0.15, -0.1) is 0 Å². The summed E-state index contributed by atoms with van der Waals surface area (Å²) in [6.07, 6.45) is 1.18. The molecule has 17 heavy (non-hydrogen) atoms. The van der Waals surface area contributed by atoms with Crippen LogP contribution >= 0.6 is 0 Å². The number of nitrogens with zero attached hydrogens (tertiary/aromatic N) is 1. The second-order valence-electron chi connectivity index (χ2n) is 3.31. The third-order valence-electron chi connectivity index (χ3n) is 2.22. The molecule has 5 heteroatoms. The first kappa shape index (κ1) is 11.3. The normalized spacial score (nSPS) is 10.3. The molecule has 2 aromatic rings. The second-order valence-corrected chi connectivity index (χ2v) is 3.31. The van der Waals surface area contributed by atoms with Gasteiger partial charge in [-0.2, -0.15) is 0 Å². The highest BCUT2D eigenvalue weighted by molar-refractivity contribution is 5.85. The van der Waals surface area contributed by atoms with Crippen molar-refractivity contribution in [3.8, 4) is 11.3 Å². The van der Waals surface area contributed by atoms with E-state index in [1.54, 1.807) is 0 Å². The minimum absolute atomic E-state index is 0.0848. The van der Waals surface area contributed by atoms with Crippen molar-refractivity contribution in [3.05, 3.63) is 53.5 Å². The van der Waals surface area contributed by atoms with Crippen LogP contribution in [0.15, 0.2) is 30.5 Å². The lowest BCUT2D eigenvalue weighted by Crippen LogP contribution is -1.97. The predicted molar refractivity (Wildman–Crippen MR) is 54.9 cm³/mol. The zero-order valence-corrected chi connectivity index (χ0v) is 8.45. The Morgan fingerprint density at radius 1 is 1.18 bits per heavy atom. The van der Waals surface area contributed by atoms with E-state index in [0.29, 0.717) is 6.29 Å². The van der Waals surface area contributed by atoms with Crippen LogP contribution in [0.25, 0.3) is 11.3 Å². The summed E-state index contributed by atoms with van der Waals surface area (Å²) < 4.78 is 39.3. The van der Waals surface area contributed by atoms with E-state index >= 15 is 0 Å². The molecule has 0 atom stereocenters. The monoisotopic (exact) mass is 237 g/mol. The zero-order chi connectivity index (χ0) is 12.4. The van der Waals surface area contributed by atoms with Crippen LogP contribution in [0, 0.1) is 17.5 Å². The van der Waals surface area contributed by atoms with E-state index in [1.165, 1.54) is 12.1 Å². The molecule has 86 valence electrons. The Bertz CT molecular complexity index is 584. The summed E-state index contributed by atoms with van der Waals surface area (Å²) >= 11 is 0. The third-order valence-corrected chi connectivity index (χ3v) is 2.22. The minimum Gasteiger partial charge on any atom is -0.298 e. The number of aromatic nitrogens is 1. The molecule has 0 aliphatic carbocycles. The number of halogens is 3. The van der Waals surface area contributed by atoms with Gasteiger partial charge >= 0.3 is 0 Å². The Balaban J connectivity index is 2.68. The maximum absolute atomic E-state index is 13.5. The fraction of sp³-hybridized carbons (Fsp3) is 0.